The predicted molar refractivity (Wildman–Crippen MR) is 135 cm³/mol. The first-order valence-corrected chi connectivity index (χ1v) is 11.8. The molecular weight excluding hydrogens is 428 g/mol. The second kappa shape index (κ2) is 10.7. The van der Waals surface area contributed by atoms with E-state index in [4.69, 9.17) is 0 Å². The lowest BCUT2D eigenvalue weighted by Gasteiger charge is -2.17. The van der Waals surface area contributed by atoms with Gasteiger partial charge in [-0.3, -0.25) is 23.9 Å². The van der Waals surface area contributed by atoms with E-state index < -0.39 is 11.1 Å². The van der Waals surface area contributed by atoms with Crippen molar-refractivity contribution in [3.8, 4) is 0 Å². The zero-order valence-electron chi connectivity index (χ0n) is 19.7. The highest BCUT2D eigenvalue weighted by atomic mass is 16.2. The Balaban J connectivity index is 1.32. The van der Waals surface area contributed by atoms with E-state index in [2.05, 4.69) is 48.0 Å². The van der Waals surface area contributed by atoms with Crippen molar-refractivity contribution in [3.63, 3.8) is 0 Å². The van der Waals surface area contributed by atoms with Crippen LogP contribution in [-0.2, 0) is 24.4 Å². The maximum Gasteiger partial charge on any atom is 0.317 e. The van der Waals surface area contributed by atoms with Crippen molar-refractivity contribution < 1.29 is 4.79 Å². The number of likely N-dealkylation sites (tertiary alicyclic amines) is 1. The molecule has 0 saturated carbocycles. The molecule has 0 spiro atoms. The SMILES string of the molecule is C=CCn1c(=O)c(=O)n(CCC(=O)NCC2CCN(Cc3ccc(C)cc3)C2)c2ccccc21. The fourth-order valence-corrected chi connectivity index (χ4v) is 4.64. The third-order valence-electron chi connectivity index (χ3n) is 6.50. The molecule has 1 aliphatic heterocycles. The molecular formula is C27H32N4O3. The van der Waals surface area contributed by atoms with Crippen LogP contribution in [0.4, 0.5) is 0 Å². The van der Waals surface area contributed by atoms with Gasteiger partial charge in [0.1, 0.15) is 0 Å². The zero-order chi connectivity index (χ0) is 24.1. The number of benzene rings is 2. The van der Waals surface area contributed by atoms with Crippen molar-refractivity contribution in [2.24, 2.45) is 5.92 Å². The highest BCUT2D eigenvalue weighted by Gasteiger charge is 2.23. The summed E-state index contributed by atoms with van der Waals surface area (Å²) in [5.74, 6) is 0.309. The molecule has 7 heteroatoms. The molecule has 0 aliphatic carbocycles. The molecule has 1 saturated heterocycles. The molecule has 0 radical (unpaired) electrons. The number of allylic oxidation sites excluding steroid dienone is 1. The largest absolute Gasteiger partial charge is 0.356 e. The normalized spacial score (nSPS) is 16.1. The predicted octanol–water partition coefficient (Wildman–Crippen LogP) is 2.69. The quantitative estimate of drug-likeness (QED) is 0.394. The number of nitrogens with one attached hydrogen (secondary N) is 1. The van der Waals surface area contributed by atoms with Crippen molar-refractivity contribution in [3.05, 3.63) is 93.0 Å². The van der Waals surface area contributed by atoms with E-state index in [-0.39, 0.29) is 25.4 Å². The minimum absolute atomic E-state index is 0.108. The first-order valence-electron chi connectivity index (χ1n) is 11.8. The number of aromatic nitrogens is 2. The second-order valence-corrected chi connectivity index (χ2v) is 9.08. The molecule has 1 aromatic heterocycles. The van der Waals surface area contributed by atoms with E-state index in [0.717, 1.165) is 26.1 Å². The minimum Gasteiger partial charge on any atom is -0.356 e. The van der Waals surface area contributed by atoms with E-state index in [1.54, 1.807) is 18.2 Å². The van der Waals surface area contributed by atoms with Crippen LogP contribution in [0.1, 0.15) is 24.0 Å². The summed E-state index contributed by atoms with van der Waals surface area (Å²) < 4.78 is 2.83. The molecule has 0 bridgehead atoms. The topological polar surface area (TPSA) is 76.3 Å². The summed E-state index contributed by atoms with van der Waals surface area (Å²) in [5, 5.41) is 3.02. The molecule has 1 aliphatic rings. The van der Waals surface area contributed by atoms with Gasteiger partial charge in [0.15, 0.2) is 0 Å². The Morgan fingerprint density at radius 1 is 1.06 bits per heavy atom. The molecule has 1 atom stereocenters. The standard InChI is InChI=1S/C27H32N4O3/c1-3-14-30-23-6-4-5-7-24(23)31(27(34)26(30)33)16-13-25(32)28-17-22-12-15-29(19-22)18-21-10-8-20(2)9-11-21/h3-11,22H,1,12-19H2,2H3,(H,28,32). The lowest BCUT2D eigenvalue weighted by molar-refractivity contribution is -0.121. The maximum absolute atomic E-state index is 12.7. The van der Waals surface area contributed by atoms with Crippen LogP contribution in [0.25, 0.3) is 11.0 Å². The molecule has 1 amide bonds. The molecule has 7 nitrogen and oxygen atoms in total. The summed E-state index contributed by atoms with van der Waals surface area (Å²) in [6, 6.07) is 15.9. The molecule has 2 heterocycles. The molecule has 1 N–H and O–H groups in total. The number of para-hydroxylation sites is 2. The first kappa shape index (κ1) is 23.7. The monoisotopic (exact) mass is 460 g/mol. The van der Waals surface area contributed by atoms with Crippen molar-refractivity contribution >= 4 is 16.9 Å². The van der Waals surface area contributed by atoms with Gasteiger partial charge in [-0.25, -0.2) is 0 Å². The zero-order valence-corrected chi connectivity index (χ0v) is 19.7. The number of amides is 1. The number of hydrogen-bond acceptors (Lipinski definition) is 4. The Morgan fingerprint density at radius 2 is 1.74 bits per heavy atom. The van der Waals surface area contributed by atoms with E-state index in [9.17, 15) is 14.4 Å². The second-order valence-electron chi connectivity index (χ2n) is 9.08. The number of carbonyl (C=O) groups is 1. The fraction of sp³-hybridized carbons (Fsp3) is 0.370. The Bertz CT molecular complexity index is 1290. The smallest absolute Gasteiger partial charge is 0.317 e. The minimum atomic E-state index is -0.615. The van der Waals surface area contributed by atoms with Gasteiger partial charge in [-0.1, -0.05) is 48.0 Å². The van der Waals surface area contributed by atoms with Crippen LogP contribution in [0.3, 0.4) is 0 Å². The summed E-state index contributed by atoms with van der Waals surface area (Å²) in [5.41, 5.74) is 2.66. The van der Waals surface area contributed by atoms with Gasteiger partial charge in [-0.05, 0) is 43.5 Å². The maximum atomic E-state index is 12.7. The summed E-state index contributed by atoms with van der Waals surface area (Å²) in [6.07, 6.45) is 2.79. The van der Waals surface area contributed by atoms with Gasteiger partial charge in [0.2, 0.25) is 5.91 Å². The van der Waals surface area contributed by atoms with Gasteiger partial charge < -0.3 is 9.88 Å². The number of carbonyl (C=O) groups excluding carboxylic acids is 1. The van der Waals surface area contributed by atoms with Gasteiger partial charge in [-0.2, -0.15) is 0 Å². The third kappa shape index (κ3) is 5.37. The van der Waals surface area contributed by atoms with Crippen LogP contribution in [-0.4, -0.2) is 39.6 Å². The highest BCUT2D eigenvalue weighted by molar-refractivity contribution is 5.77. The number of aryl methyl sites for hydroxylation is 2. The number of fused-ring (bicyclic) bond motifs is 1. The lowest BCUT2D eigenvalue weighted by atomic mass is 10.1. The van der Waals surface area contributed by atoms with Crippen LogP contribution in [0.2, 0.25) is 0 Å². The molecule has 3 aromatic rings. The highest BCUT2D eigenvalue weighted by Crippen LogP contribution is 2.18. The van der Waals surface area contributed by atoms with Crippen LogP contribution in [0.5, 0.6) is 0 Å². The average molecular weight is 461 g/mol. The fourth-order valence-electron chi connectivity index (χ4n) is 4.64. The van der Waals surface area contributed by atoms with Gasteiger partial charge in [0, 0.05) is 39.1 Å². The first-order chi connectivity index (χ1) is 16.5. The molecule has 2 aromatic carbocycles. The Labute approximate surface area is 199 Å². The van der Waals surface area contributed by atoms with Gasteiger partial charge in [0.25, 0.3) is 0 Å². The number of nitrogens with zero attached hydrogens (tertiary/aromatic N) is 3. The van der Waals surface area contributed by atoms with Crippen LogP contribution in [0.15, 0.2) is 70.8 Å². The molecule has 4 rings (SSSR count). The number of hydrogen-bond donors (Lipinski definition) is 1. The van der Waals surface area contributed by atoms with Crippen LogP contribution < -0.4 is 16.4 Å². The molecule has 178 valence electrons. The van der Waals surface area contributed by atoms with E-state index in [0.29, 0.717) is 23.5 Å². The summed E-state index contributed by atoms with van der Waals surface area (Å²) in [6.45, 7) is 9.73. The molecule has 34 heavy (non-hydrogen) atoms. The molecule has 1 unspecified atom stereocenters. The Kier molecular flexibility index (Phi) is 7.43. The third-order valence-corrected chi connectivity index (χ3v) is 6.50. The van der Waals surface area contributed by atoms with Crippen molar-refractivity contribution in [2.45, 2.75) is 39.4 Å². The Morgan fingerprint density at radius 3 is 2.44 bits per heavy atom. The van der Waals surface area contributed by atoms with E-state index in [1.807, 2.05) is 12.1 Å². The van der Waals surface area contributed by atoms with Gasteiger partial charge in [0.05, 0.1) is 11.0 Å². The van der Waals surface area contributed by atoms with Gasteiger partial charge >= 0.3 is 11.1 Å². The summed E-state index contributed by atoms with van der Waals surface area (Å²) in [7, 11) is 0. The Hall–Kier alpha value is -3.45. The summed E-state index contributed by atoms with van der Waals surface area (Å²) >= 11 is 0. The molecule has 1 fully saturated rings. The average Bonchev–Trinajstić information content (AvgIpc) is 3.29. The van der Waals surface area contributed by atoms with Crippen molar-refractivity contribution in [2.75, 3.05) is 19.6 Å². The summed E-state index contributed by atoms with van der Waals surface area (Å²) in [4.78, 5) is 40.3. The number of rotatable bonds is 9. The van der Waals surface area contributed by atoms with E-state index in [1.165, 1.54) is 20.3 Å². The van der Waals surface area contributed by atoms with Crippen LogP contribution >= 0.6 is 0 Å². The van der Waals surface area contributed by atoms with Gasteiger partial charge in [-0.15, -0.1) is 6.58 Å². The van der Waals surface area contributed by atoms with E-state index >= 15 is 0 Å². The van der Waals surface area contributed by atoms with Crippen LogP contribution in [0, 0.1) is 12.8 Å². The van der Waals surface area contributed by atoms with Crippen molar-refractivity contribution in [1.82, 2.24) is 19.4 Å². The lowest BCUT2D eigenvalue weighted by Crippen LogP contribution is -2.42. The van der Waals surface area contributed by atoms with Crippen molar-refractivity contribution in [1.29, 1.82) is 0 Å².